The molecule has 0 amide bonds. The van der Waals surface area contributed by atoms with Crippen LogP contribution in [0.25, 0.3) is 10.9 Å². The van der Waals surface area contributed by atoms with Crippen LogP contribution in [0.4, 0.5) is 10.1 Å². The molecule has 0 saturated carbocycles. The van der Waals surface area contributed by atoms with Crippen molar-refractivity contribution < 1.29 is 29.2 Å². The second kappa shape index (κ2) is 5.77. The number of methoxy groups -OCH3 is 1. The number of ether oxygens (including phenoxy) is 1. The van der Waals surface area contributed by atoms with Gasteiger partial charge in [0.25, 0.3) is 0 Å². The quantitative estimate of drug-likeness (QED) is 0.617. The number of aromatic amines is 1. The number of carbonyl (C=O) groups is 1. The predicted molar refractivity (Wildman–Crippen MR) is 82.3 cm³/mol. The van der Waals surface area contributed by atoms with Crippen molar-refractivity contribution in [1.29, 1.82) is 0 Å². The maximum Gasteiger partial charge on any atom is 0.341 e. The third-order valence-corrected chi connectivity index (χ3v) is 4.07. The summed E-state index contributed by atoms with van der Waals surface area (Å²) >= 11 is 0. The number of aromatic nitrogens is 1. The van der Waals surface area contributed by atoms with Gasteiger partial charge in [-0.3, -0.25) is 4.79 Å². The van der Waals surface area contributed by atoms with Gasteiger partial charge in [-0.2, -0.15) is 0 Å². The maximum absolute atomic E-state index is 14.6. The highest BCUT2D eigenvalue weighted by molar-refractivity contribution is 5.96. The third kappa shape index (κ3) is 2.38. The first-order chi connectivity index (χ1) is 11.3. The third-order valence-electron chi connectivity index (χ3n) is 4.07. The number of hydrogen-bond donors (Lipinski definition) is 4. The number of pyridine rings is 1. The minimum atomic E-state index is -1.42. The van der Waals surface area contributed by atoms with E-state index >= 15 is 0 Å². The number of hydrogen-bond acceptors (Lipinski definition) is 6. The summed E-state index contributed by atoms with van der Waals surface area (Å²) in [5.41, 5.74) is -1.22. The zero-order valence-electron chi connectivity index (χ0n) is 12.6. The molecule has 128 valence electrons. The van der Waals surface area contributed by atoms with E-state index in [-0.39, 0.29) is 35.4 Å². The first-order valence-electron chi connectivity index (χ1n) is 7.11. The number of β-amino-alcohol motifs (C(OH)–C–C–N with tert-alkyl or cyclic N) is 2. The van der Waals surface area contributed by atoms with Crippen molar-refractivity contribution >= 4 is 22.6 Å². The molecule has 1 aromatic carbocycles. The number of aliphatic hydroxyl groups excluding tert-OH is 2. The van der Waals surface area contributed by atoms with Crippen LogP contribution in [0.15, 0.2) is 17.1 Å². The topological polar surface area (TPSA) is 123 Å². The van der Waals surface area contributed by atoms with Crippen LogP contribution in [-0.2, 0) is 0 Å². The number of benzene rings is 1. The normalized spacial score (nSPS) is 20.6. The highest BCUT2D eigenvalue weighted by Gasteiger charge is 2.34. The lowest BCUT2D eigenvalue weighted by Crippen LogP contribution is -2.24. The molecule has 2 aromatic rings. The number of nitrogens with zero attached hydrogens (tertiary/aromatic N) is 1. The first-order valence-corrected chi connectivity index (χ1v) is 7.11. The standard InChI is InChI=1S/C15H15FN2O6/c1-24-14-11-6(13(21)7(3-17-11)15(22)23)2-8(16)12(14)18-4-9(19)10(20)5-18/h2-3,9-10,19-20H,4-5H2,1H3,(H,17,21)(H,22,23). The van der Waals surface area contributed by atoms with Crippen molar-refractivity contribution in [3.05, 3.63) is 33.9 Å². The SMILES string of the molecule is COc1c(N2CC(O)C(O)C2)c(F)cc2c(=O)c(C(=O)O)c[nH]c12. The van der Waals surface area contributed by atoms with Crippen LogP contribution in [0, 0.1) is 5.82 Å². The van der Waals surface area contributed by atoms with E-state index < -0.39 is 35.0 Å². The molecule has 4 N–H and O–H groups in total. The Labute approximate surface area is 134 Å². The van der Waals surface area contributed by atoms with Crippen molar-refractivity contribution in [2.75, 3.05) is 25.1 Å². The number of aromatic carboxylic acids is 1. The molecule has 0 aliphatic carbocycles. The average Bonchev–Trinajstić information content (AvgIpc) is 2.85. The van der Waals surface area contributed by atoms with Gasteiger partial charge in [-0.25, -0.2) is 9.18 Å². The van der Waals surface area contributed by atoms with Crippen molar-refractivity contribution in [2.24, 2.45) is 0 Å². The number of carboxylic acids is 1. The number of halogens is 1. The van der Waals surface area contributed by atoms with E-state index in [1.54, 1.807) is 0 Å². The van der Waals surface area contributed by atoms with Gasteiger partial charge in [-0.15, -0.1) is 0 Å². The number of nitrogens with one attached hydrogen (secondary N) is 1. The molecule has 9 heteroatoms. The maximum atomic E-state index is 14.6. The minimum absolute atomic E-state index is 0.000314. The summed E-state index contributed by atoms with van der Waals surface area (Å²) in [7, 11) is 1.28. The molecular formula is C15H15FN2O6. The molecule has 24 heavy (non-hydrogen) atoms. The predicted octanol–water partition coefficient (Wildman–Crippen LogP) is -0.0842. The van der Waals surface area contributed by atoms with Crippen molar-refractivity contribution in [1.82, 2.24) is 4.98 Å². The number of anilines is 1. The van der Waals surface area contributed by atoms with E-state index in [0.29, 0.717) is 0 Å². The van der Waals surface area contributed by atoms with E-state index in [0.717, 1.165) is 12.3 Å². The monoisotopic (exact) mass is 338 g/mol. The van der Waals surface area contributed by atoms with Crippen LogP contribution in [0.1, 0.15) is 10.4 Å². The van der Waals surface area contributed by atoms with Gasteiger partial charge in [-0.1, -0.05) is 0 Å². The molecule has 0 spiro atoms. The number of rotatable bonds is 3. The molecule has 2 atom stereocenters. The van der Waals surface area contributed by atoms with E-state index in [1.807, 2.05) is 0 Å². The van der Waals surface area contributed by atoms with Crippen LogP contribution in [0.2, 0.25) is 0 Å². The van der Waals surface area contributed by atoms with Crippen LogP contribution < -0.4 is 15.1 Å². The zero-order valence-corrected chi connectivity index (χ0v) is 12.6. The van der Waals surface area contributed by atoms with Gasteiger partial charge in [-0.05, 0) is 6.07 Å². The van der Waals surface area contributed by atoms with Crippen LogP contribution >= 0.6 is 0 Å². The van der Waals surface area contributed by atoms with E-state index in [1.165, 1.54) is 12.0 Å². The Bertz CT molecular complexity index is 870. The van der Waals surface area contributed by atoms with Gasteiger partial charge in [0.2, 0.25) is 5.43 Å². The van der Waals surface area contributed by atoms with Gasteiger partial charge in [0.15, 0.2) is 11.6 Å². The number of H-pyrrole nitrogens is 1. The van der Waals surface area contributed by atoms with Gasteiger partial charge in [0.1, 0.15) is 11.3 Å². The summed E-state index contributed by atoms with van der Waals surface area (Å²) < 4.78 is 19.8. The lowest BCUT2D eigenvalue weighted by molar-refractivity contribution is 0.0572. The summed E-state index contributed by atoms with van der Waals surface area (Å²) in [6.07, 6.45) is -1.04. The summed E-state index contributed by atoms with van der Waals surface area (Å²) in [4.78, 5) is 27.3. The van der Waals surface area contributed by atoms with Gasteiger partial charge in [0, 0.05) is 19.3 Å². The molecular weight excluding hydrogens is 323 g/mol. The van der Waals surface area contributed by atoms with E-state index in [4.69, 9.17) is 9.84 Å². The Morgan fingerprint density at radius 3 is 2.54 bits per heavy atom. The Morgan fingerprint density at radius 2 is 2.00 bits per heavy atom. The van der Waals surface area contributed by atoms with Crippen molar-refractivity contribution in [3.63, 3.8) is 0 Å². The lowest BCUT2D eigenvalue weighted by atomic mass is 10.1. The molecule has 1 aromatic heterocycles. The molecule has 8 nitrogen and oxygen atoms in total. The molecule has 3 rings (SSSR count). The summed E-state index contributed by atoms with van der Waals surface area (Å²) in [5, 5.41) is 28.2. The fourth-order valence-electron chi connectivity index (χ4n) is 2.90. The Hall–Kier alpha value is -2.65. The zero-order chi connectivity index (χ0) is 17.6. The lowest BCUT2D eigenvalue weighted by Gasteiger charge is -2.22. The molecule has 1 saturated heterocycles. The highest BCUT2D eigenvalue weighted by atomic mass is 19.1. The molecule has 1 fully saturated rings. The smallest absolute Gasteiger partial charge is 0.341 e. The van der Waals surface area contributed by atoms with Crippen LogP contribution in [0.5, 0.6) is 5.75 Å². The fraction of sp³-hybridized carbons (Fsp3) is 0.333. The molecule has 0 radical (unpaired) electrons. The first kappa shape index (κ1) is 16.2. The van der Waals surface area contributed by atoms with Gasteiger partial charge < -0.3 is 29.9 Å². The van der Waals surface area contributed by atoms with Gasteiger partial charge in [0.05, 0.1) is 30.2 Å². The van der Waals surface area contributed by atoms with Gasteiger partial charge >= 0.3 is 5.97 Å². The molecule has 2 unspecified atom stereocenters. The Morgan fingerprint density at radius 1 is 1.38 bits per heavy atom. The largest absolute Gasteiger partial charge is 0.492 e. The molecule has 0 bridgehead atoms. The minimum Gasteiger partial charge on any atom is -0.492 e. The summed E-state index contributed by atoms with van der Waals surface area (Å²) in [6.45, 7) is -0.00517. The molecule has 2 heterocycles. The van der Waals surface area contributed by atoms with Crippen LogP contribution in [0.3, 0.4) is 0 Å². The van der Waals surface area contributed by atoms with Crippen molar-refractivity contribution in [3.8, 4) is 5.75 Å². The molecule has 1 aliphatic heterocycles. The number of fused-ring (bicyclic) bond motifs is 1. The number of carboxylic acid groups (broad SMARTS) is 1. The van der Waals surface area contributed by atoms with Crippen LogP contribution in [-0.4, -0.2) is 58.7 Å². The second-order valence-electron chi connectivity index (χ2n) is 5.54. The second-order valence-corrected chi connectivity index (χ2v) is 5.54. The number of aliphatic hydroxyl groups is 2. The Balaban J connectivity index is 2.26. The van der Waals surface area contributed by atoms with Crippen molar-refractivity contribution in [2.45, 2.75) is 12.2 Å². The molecule has 1 aliphatic rings. The average molecular weight is 338 g/mol. The Kier molecular flexibility index (Phi) is 3.90. The fourth-order valence-corrected chi connectivity index (χ4v) is 2.90. The summed E-state index contributed by atoms with van der Waals surface area (Å²) in [6, 6.07) is 0.926. The van der Waals surface area contributed by atoms with E-state index in [2.05, 4.69) is 4.98 Å². The highest BCUT2D eigenvalue weighted by Crippen LogP contribution is 2.38. The van der Waals surface area contributed by atoms with E-state index in [9.17, 15) is 24.2 Å². The summed E-state index contributed by atoms with van der Waals surface area (Å²) in [5.74, 6) is -2.23.